The van der Waals surface area contributed by atoms with Gasteiger partial charge in [-0.25, -0.2) is 0 Å². The Morgan fingerprint density at radius 2 is 2.54 bits per heavy atom. The van der Waals surface area contributed by atoms with Gasteiger partial charge in [-0.15, -0.1) is 0 Å². The summed E-state index contributed by atoms with van der Waals surface area (Å²) in [6, 6.07) is 1.88. The molecule has 1 heterocycles. The standard InChI is InChI=1S/C9H14N3O/c10-5-3-7-12-6-2-1-4-8(12)9(11)13/h1,8H,2-4,6-7H2,(H2,11,13). The van der Waals surface area contributed by atoms with Crippen LogP contribution >= 0.6 is 0 Å². The number of rotatable bonds is 3. The van der Waals surface area contributed by atoms with Gasteiger partial charge in [-0.05, 0) is 25.8 Å². The molecule has 0 aromatic rings. The van der Waals surface area contributed by atoms with Gasteiger partial charge in [-0.1, -0.05) is 0 Å². The molecule has 0 aliphatic carbocycles. The number of amides is 1. The lowest BCUT2D eigenvalue weighted by Gasteiger charge is -2.32. The summed E-state index contributed by atoms with van der Waals surface area (Å²) in [5.74, 6) is -0.283. The average molecular weight is 180 g/mol. The van der Waals surface area contributed by atoms with Gasteiger partial charge in [0.1, 0.15) is 0 Å². The SMILES string of the molecule is N#CCCN1CC[CH]CC1C(N)=O. The largest absolute Gasteiger partial charge is 0.368 e. The van der Waals surface area contributed by atoms with Crippen molar-refractivity contribution in [1.82, 2.24) is 4.90 Å². The number of nitrogens with zero attached hydrogens (tertiary/aromatic N) is 2. The van der Waals surface area contributed by atoms with Crippen LogP contribution in [0.1, 0.15) is 19.3 Å². The molecule has 1 unspecified atom stereocenters. The number of primary amides is 1. The first-order chi connectivity index (χ1) is 6.25. The van der Waals surface area contributed by atoms with E-state index in [-0.39, 0.29) is 11.9 Å². The van der Waals surface area contributed by atoms with Crippen molar-refractivity contribution in [3.05, 3.63) is 6.42 Å². The van der Waals surface area contributed by atoms with Crippen molar-refractivity contribution in [2.45, 2.75) is 25.3 Å². The van der Waals surface area contributed by atoms with E-state index in [1.807, 2.05) is 4.90 Å². The predicted octanol–water partition coefficient (Wildman–Crippen LogP) is 0.0541. The van der Waals surface area contributed by atoms with Gasteiger partial charge >= 0.3 is 0 Å². The lowest BCUT2D eigenvalue weighted by atomic mass is 10.0. The number of likely N-dealkylation sites (tertiary alicyclic amines) is 1. The third-order valence-electron chi connectivity index (χ3n) is 2.29. The number of hydrogen-bond donors (Lipinski definition) is 1. The highest BCUT2D eigenvalue weighted by atomic mass is 16.1. The highest BCUT2D eigenvalue weighted by molar-refractivity contribution is 5.80. The Hall–Kier alpha value is -1.08. The van der Waals surface area contributed by atoms with Crippen molar-refractivity contribution in [2.75, 3.05) is 13.1 Å². The lowest BCUT2D eigenvalue weighted by Crippen LogP contribution is -2.48. The molecule has 4 heteroatoms. The molecule has 0 saturated carbocycles. The lowest BCUT2D eigenvalue weighted by molar-refractivity contribution is -0.123. The maximum Gasteiger partial charge on any atom is 0.234 e. The van der Waals surface area contributed by atoms with Crippen LogP contribution in [-0.2, 0) is 4.79 Å². The summed E-state index contributed by atoms with van der Waals surface area (Å²) in [5.41, 5.74) is 5.25. The molecule has 0 aromatic carbocycles. The quantitative estimate of drug-likeness (QED) is 0.667. The Kier molecular flexibility index (Phi) is 3.71. The first kappa shape index (κ1) is 10.0. The zero-order valence-electron chi connectivity index (χ0n) is 7.57. The summed E-state index contributed by atoms with van der Waals surface area (Å²) in [4.78, 5) is 13.0. The fourth-order valence-electron chi connectivity index (χ4n) is 1.60. The van der Waals surface area contributed by atoms with Crippen molar-refractivity contribution >= 4 is 5.91 Å². The second-order valence-electron chi connectivity index (χ2n) is 3.18. The molecule has 1 rings (SSSR count). The summed E-state index contributed by atoms with van der Waals surface area (Å²) in [6.07, 6.45) is 4.25. The maximum atomic E-state index is 11.0. The van der Waals surface area contributed by atoms with Crippen LogP contribution in [-0.4, -0.2) is 29.9 Å². The predicted molar refractivity (Wildman–Crippen MR) is 48.3 cm³/mol. The van der Waals surface area contributed by atoms with Gasteiger partial charge in [0.25, 0.3) is 0 Å². The van der Waals surface area contributed by atoms with E-state index < -0.39 is 0 Å². The van der Waals surface area contributed by atoms with Crippen LogP contribution in [0.4, 0.5) is 0 Å². The van der Waals surface area contributed by atoms with E-state index in [0.29, 0.717) is 13.0 Å². The van der Waals surface area contributed by atoms with Crippen LogP contribution in [0.2, 0.25) is 0 Å². The monoisotopic (exact) mass is 180 g/mol. The molecule has 0 aromatic heterocycles. The third-order valence-corrected chi connectivity index (χ3v) is 2.29. The van der Waals surface area contributed by atoms with Crippen LogP contribution in [0.25, 0.3) is 0 Å². The molecule has 1 saturated heterocycles. The van der Waals surface area contributed by atoms with E-state index in [2.05, 4.69) is 12.5 Å². The molecule has 0 spiro atoms. The Labute approximate surface area is 78.3 Å². The summed E-state index contributed by atoms with van der Waals surface area (Å²) < 4.78 is 0. The van der Waals surface area contributed by atoms with E-state index in [9.17, 15) is 4.79 Å². The molecule has 1 radical (unpaired) electrons. The minimum absolute atomic E-state index is 0.193. The number of nitriles is 1. The van der Waals surface area contributed by atoms with Crippen molar-refractivity contribution < 1.29 is 4.79 Å². The molecule has 2 N–H and O–H groups in total. The molecule has 13 heavy (non-hydrogen) atoms. The van der Waals surface area contributed by atoms with Gasteiger partial charge in [-0.3, -0.25) is 9.69 Å². The molecular formula is C9H14N3O. The number of carbonyl (C=O) groups is 1. The van der Waals surface area contributed by atoms with E-state index in [0.717, 1.165) is 19.4 Å². The number of hydrogen-bond acceptors (Lipinski definition) is 3. The Morgan fingerprint density at radius 1 is 1.77 bits per heavy atom. The number of piperidine rings is 1. The molecule has 0 bridgehead atoms. The maximum absolute atomic E-state index is 11.0. The van der Waals surface area contributed by atoms with E-state index in [1.54, 1.807) is 0 Å². The Morgan fingerprint density at radius 3 is 3.15 bits per heavy atom. The van der Waals surface area contributed by atoms with Crippen LogP contribution in [0.3, 0.4) is 0 Å². The molecule has 1 aliphatic rings. The minimum atomic E-state index is -0.283. The number of carbonyl (C=O) groups excluding carboxylic acids is 1. The highest BCUT2D eigenvalue weighted by Gasteiger charge is 2.26. The zero-order chi connectivity index (χ0) is 9.68. The van der Waals surface area contributed by atoms with Crippen molar-refractivity contribution in [1.29, 1.82) is 5.26 Å². The van der Waals surface area contributed by atoms with Crippen LogP contribution in [0, 0.1) is 17.8 Å². The van der Waals surface area contributed by atoms with Crippen LogP contribution in [0.15, 0.2) is 0 Å². The van der Waals surface area contributed by atoms with Crippen molar-refractivity contribution in [3.8, 4) is 6.07 Å². The third kappa shape index (κ3) is 2.71. The fourth-order valence-corrected chi connectivity index (χ4v) is 1.60. The molecule has 1 atom stereocenters. The van der Waals surface area contributed by atoms with E-state index in [4.69, 9.17) is 11.0 Å². The van der Waals surface area contributed by atoms with Crippen molar-refractivity contribution in [3.63, 3.8) is 0 Å². The molecule has 1 fully saturated rings. The summed E-state index contributed by atoms with van der Waals surface area (Å²) in [7, 11) is 0. The van der Waals surface area contributed by atoms with E-state index >= 15 is 0 Å². The Balaban J connectivity index is 2.47. The van der Waals surface area contributed by atoms with Gasteiger partial charge < -0.3 is 5.73 Å². The second-order valence-corrected chi connectivity index (χ2v) is 3.18. The van der Waals surface area contributed by atoms with Gasteiger partial charge in [0.15, 0.2) is 0 Å². The molecule has 71 valence electrons. The van der Waals surface area contributed by atoms with E-state index in [1.165, 1.54) is 0 Å². The first-order valence-corrected chi connectivity index (χ1v) is 4.47. The van der Waals surface area contributed by atoms with Gasteiger partial charge in [0.05, 0.1) is 12.1 Å². The highest BCUT2D eigenvalue weighted by Crippen LogP contribution is 2.15. The molecule has 1 aliphatic heterocycles. The second kappa shape index (κ2) is 4.83. The van der Waals surface area contributed by atoms with Crippen molar-refractivity contribution in [2.24, 2.45) is 5.73 Å². The first-order valence-electron chi connectivity index (χ1n) is 4.47. The fraction of sp³-hybridized carbons (Fsp3) is 0.667. The topological polar surface area (TPSA) is 70.1 Å². The van der Waals surface area contributed by atoms with Gasteiger partial charge in [-0.2, -0.15) is 5.26 Å². The smallest absolute Gasteiger partial charge is 0.234 e. The summed E-state index contributed by atoms with van der Waals surface area (Å²) in [6.45, 7) is 1.49. The molecule has 4 nitrogen and oxygen atoms in total. The molecule has 1 amide bonds. The van der Waals surface area contributed by atoms with Gasteiger partial charge in [0, 0.05) is 13.0 Å². The van der Waals surface area contributed by atoms with Crippen LogP contribution in [0.5, 0.6) is 0 Å². The number of nitrogens with two attached hydrogens (primary N) is 1. The summed E-state index contributed by atoms with van der Waals surface area (Å²) in [5, 5.41) is 8.42. The minimum Gasteiger partial charge on any atom is -0.368 e. The molecular weight excluding hydrogens is 166 g/mol. The van der Waals surface area contributed by atoms with Gasteiger partial charge in [0.2, 0.25) is 5.91 Å². The summed E-state index contributed by atoms with van der Waals surface area (Å²) >= 11 is 0. The Bertz CT molecular complexity index is 221. The normalized spacial score (nSPS) is 23.8. The average Bonchev–Trinajstić information content (AvgIpc) is 2.15. The van der Waals surface area contributed by atoms with Crippen LogP contribution < -0.4 is 5.73 Å². The zero-order valence-corrected chi connectivity index (χ0v) is 7.57.